The monoisotopic (exact) mass is 548 g/mol. The zero-order valence-corrected chi connectivity index (χ0v) is 23.8. The van der Waals surface area contributed by atoms with Crippen molar-refractivity contribution in [1.82, 2.24) is 0 Å². The third kappa shape index (κ3) is 6.94. The second-order valence-electron chi connectivity index (χ2n) is 10.1. The Hall–Kier alpha value is -4.19. The van der Waals surface area contributed by atoms with Gasteiger partial charge in [-0.05, 0) is 71.0 Å². The minimum atomic E-state index is -0.623. The average Bonchev–Trinajstić information content (AvgIpc) is 3.15. The highest BCUT2D eigenvalue weighted by molar-refractivity contribution is 5.79. The second-order valence-corrected chi connectivity index (χ2v) is 10.1. The molecule has 0 radical (unpaired) electrons. The van der Waals surface area contributed by atoms with Gasteiger partial charge < -0.3 is 18.9 Å². The van der Waals surface area contributed by atoms with E-state index in [0.717, 1.165) is 28.0 Å². The molecule has 5 nitrogen and oxygen atoms in total. The number of methoxy groups -OCH3 is 1. The van der Waals surface area contributed by atoms with Crippen LogP contribution < -0.4 is 4.74 Å². The van der Waals surface area contributed by atoms with Crippen molar-refractivity contribution in [2.45, 2.75) is 32.5 Å². The summed E-state index contributed by atoms with van der Waals surface area (Å²) in [6.07, 6.45) is 3.99. The summed E-state index contributed by atoms with van der Waals surface area (Å²) in [6, 6.07) is 31.2. The molecule has 4 aromatic carbocycles. The number of rotatable bonds is 11. The summed E-state index contributed by atoms with van der Waals surface area (Å²) >= 11 is 0. The quantitative estimate of drug-likeness (QED) is 0.144. The lowest BCUT2D eigenvalue weighted by molar-refractivity contribution is -0.154. The summed E-state index contributed by atoms with van der Waals surface area (Å²) in [6.45, 7) is 5.06. The predicted octanol–water partition coefficient (Wildman–Crippen LogP) is 7.45. The summed E-state index contributed by atoms with van der Waals surface area (Å²) < 4.78 is 22.9. The fraction of sp³-hybridized carbons (Fsp3) is 0.250. The molecule has 5 rings (SSSR count). The molecule has 0 saturated heterocycles. The zero-order valence-electron chi connectivity index (χ0n) is 23.8. The molecule has 1 aliphatic rings. The van der Waals surface area contributed by atoms with Gasteiger partial charge in [-0.1, -0.05) is 90.5 Å². The van der Waals surface area contributed by atoms with Crippen molar-refractivity contribution in [2.75, 3.05) is 26.9 Å². The molecule has 5 heteroatoms. The highest BCUT2D eigenvalue weighted by Crippen LogP contribution is 2.37. The molecule has 2 unspecified atom stereocenters. The van der Waals surface area contributed by atoms with Gasteiger partial charge in [0.05, 0.1) is 13.2 Å². The number of ether oxygens (including phenoxy) is 4. The lowest BCUT2D eigenvalue weighted by Gasteiger charge is -2.22. The summed E-state index contributed by atoms with van der Waals surface area (Å²) in [4.78, 5) is 12.0. The van der Waals surface area contributed by atoms with Crippen LogP contribution in [0.2, 0.25) is 0 Å². The van der Waals surface area contributed by atoms with E-state index in [9.17, 15) is 4.79 Å². The molecule has 0 bridgehead atoms. The fourth-order valence-corrected chi connectivity index (χ4v) is 5.13. The van der Waals surface area contributed by atoms with E-state index in [1.807, 2.05) is 30.3 Å². The lowest BCUT2D eigenvalue weighted by Crippen LogP contribution is -2.27. The van der Waals surface area contributed by atoms with Gasteiger partial charge in [-0.15, -0.1) is 0 Å². The first-order valence-electron chi connectivity index (χ1n) is 14.1. The van der Waals surface area contributed by atoms with Crippen LogP contribution in [0.15, 0.2) is 91.0 Å². The van der Waals surface area contributed by atoms with Gasteiger partial charge in [-0.25, -0.2) is 4.79 Å². The van der Waals surface area contributed by atoms with Gasteiger partial charge in [-0.2, -0.15) is 0 Å². The van der Waals surface area contributed by atoms with Crippen LogP contribution in [0.4, 0.5) is 0 Å². The van der Waals surface area contributed by atoms with Gasteiger partial charge in [-0.3, -0.25) is 0 Å². The van der Waals surface area contributed by atoms with Crippen LogP contribution in [0.1, 0.15) is 46.4 Å². The van der Waals surface area contributed by atoms with Crippen molar-refractivity contribution < 1.29 is 23.7 Å². The van der Waals surface area contributed by atoms with Crippen LogP contribution in [0, 0.1) is 6.92 Å². The highest BCUT2D eigenvalue weighted by Gasteiger charge is 2.23. The number of benzene rings is 4. The lowest BCUT2D eigenvalue weighted by atomic mass is 9.93. The minimum absolute atomic E-state index is 0.208. The maximum absolute atomic E-state index is 12.0. The number of carbonyl (C=O) groups is 1. The van der Waals surface area contributed by atoms with Crippen molar-refractivity contribution in [3.8, 4) is 16.9 Å². The molecule has 41 heavy (non-hydrogen) atoms. The topological polar surface area (TPSA) is 54.0 Å². The maximum atomic E-state index is 12.0. The van der Waals surface area contributed by atoms with Crippen molar-refractivity contribution in [2.24, 2.45) is 0 Å². The smallest absolute Gasteiger partial charge is 0.335 e. The normalized spacial score (nSPS) is 14.5. The number of hydrogen-bond donors (Lipinski definition) is 0. The second kappa shape index (κ2) is 13.4. The van der Waals surface area contributed by atoms with E-state index in [-0.39, 0.29) is 12.1 Å². The molecular formula is C36H36O5. The van der Waals surface area contributed by atoms with Crippen LogP contribution in [0.5, 0.6) is 5.75 Å². The molecule has 0 spiro atoms. The van der Waals surface area contributed by atoms with E-state index in [1.54, 1.807) is 6.92 Å². The number of esters is 1. The molecule has 0 fully saturated rings. The summed E-state index contributed by atoms with van der Waals surface area (Å²) in [5, 5.41) is 0. The van der Waals surface area contributed by atoms with Gasteiger partial charge in [0.15, 0.2) is 6.10 Å². The zero-order chi connectivity index (χ0) is 28.6. The number of fused-ring (bicyclic) bond motifs is 2. The molecule has 1 aliphatic carbocycles. The third-order valence-corrected chi connectivity index (χ3v) is 7.26. The average molecular weight is 549 g/mol. The SMILES string of the molecule is CCOC(=O)C(Cc1ccc(OCCOC2c3ccc(C)cc3C=Cc3cc(-c4ccccc4)ccc32)cc1)OC. The molecule has 4 aromatic rings. The van der Waals surface area contributed by atoms with Gasteiger partial charge >= 0.3 is 5.97 Å². The van der Waals surface area contributed by atoms with Gasteiger partial charge in [0.2, 0.25) is 0 Å². The third-order valence-electron chi connectivity index (χ3n) is 7.26. The molecule has 0 heterocycles. The summed E-state index contributed by atoms with van der Waals surface area (Å²) in [5.74, 6) is 0.393. The Balaban J connectivity index is 1.26. The van der Waals surface area contributed by atoms with Crippen LogP contribution in [0.25, 0.3) is 23.3 Å². The summed E-state index contributed by atoms with van der Waals surface area (Å²) in [5.41, 5.74) is 9.17. The highest BCUT2D eigenvalue weighted by atomic mass is 16.6. The van der Waals surface area contributed by atoms with E-state index in [4.69, 9.17) is 18.9 Å². The first-order valence-corrected chi connectivity index (χ1v) is 14.1. The Kier molecular flexibility index (Phi) is 9.29. The van der Waals surface area contributed by atoms with Gasteiger partial charge in [0, 0.05) is 13.5 Å². The Bertz CT molecular complexity index is 1490. The molecule has 0 amide bonds. The summed E-state index contributed by atoms with van der Waals surface area (Å²) in [7, 11) is 1.52. The Morgan fingerprint density at radius 1 is 0.805 bits per heavy atom. The van der Waals surface area contributed by atoms with Crippen molar-refractivity contribution in [1.29, 1.82) is 0 Å². The van der Waals surface area contributed by atoms with E-state index < -0.39 is 6.10 Å². The maximum Gasteiger partial charge on any atom is 0.335 e. The predicted molar refractivity (Wildman–Crippen MR) is 163 cm³/mol. The number of carbonyl (C=O) groups excluding carboxylic acids is 1. The first-order chi connectivity index (χ1) is 20.1. The van der Waals surface area contributed by atoms with Crippen LogP contribution in [-0.4, -0.2) is 39.0 Å². The minimum Gasteiger partial charge on any atom is -0.491 e. The number of hydrogen-bond acceptors (Lipinski definition) is 5. The first kappa shape index (κ1) is 28.3. The van der Waals surface area contributed by atoms with Gasteiger partial charge in [0.1, 0.15) is 18.5 Å². The molecule has 0 saturated carbocycles. The molecule has 0 N–H and O–H groups in total. The molecule has 0 aromatic heterocycles. The Morgan fingerprint density at radius 3 is 2.22 bits per heavy atom. The van der Waals surface area contributed by atoms with Crippen molar-refractivity contribution >= 4 is 18.1 Å². The van der Waals surface area contributed by atoms with Gasteiger partial charge in [0.25, 0.3) is 0 Å². The molecule has 2 atom stereocenters. The van der Waals surface area contributed by atoms with Crippen LogP contribution in [-0.2, 0) is 25.4 Å². The van der Waals surface area contributed by atoms with E-state index in [0.29, 0.717) is 26.2 Å². The fourth-order valence-electron chi connectivity index (χ4n) is 5.13. The standard InChI is InChI=1S/C36H36O5/c1-4-39-36(37)34(38-3)23-26-11-16-31(17-12-26)40-20-21-41-35-32-18-10-25(2)22-29(32)13-14-30-24-28(15-19-33(30)35)27-8-6-5-7-9-27/h5-19,22,24,34-35H,4,20-21,23H2,1-3H3. The van der Waals surface area contributed by atoms with Crippen molar-refractivity contribution in [3.63, 3.8) is 0 Å². The van der Waals surface area contributed by atoms with E-state index in [1.165, 1.54) is 29.4 Å². The van der Waals surface area contributed by atoms with Crippen LogP contribution >= 0.6 is 0 Å². The Labute approximate surface area is 242 Å². The number of aryl methyl sites for hydroxylation is 1. The molecular weight excluding hydrogens is 512 g/mol. The largest absolute Gasteiger partial charge is 0.491 e. The van der Waals surface area contributed by atoms with E-state index in [2.05, 4.69) is 79.7 Å². The molecule has 210 valence electrons. The van der Waals surface area contributed by atoms with Crippen LogP contribution in [0.3, 0.4) is 0 Å². The van der Waals surface area contributed by atoms with Crippen molar-refractivity contribution in [3.05, 3.63) is 124 Å². The van der Waals surface area contributed by atoms with E-state index >= 15 is 0 Å². The molecule has 0 aliphatic heterocycles. The Morgan fingerprint density at radius 2 is 1.51 bits per heavy atom.